The van der Waals surface area contributed by atoms with Gasteiger partial charge < -0.3 is 10.6 Å². The maximum atomic E-state index is 13.4. The second kappa shape index (κ2) is 5.71. The molecule has 5 nitrogen and oxygen atoms in total. The zero-order valence-electron chi connectivity index (χ0n) is 14.5. The molecule has 2 aliphatic rings. The van der Waals surface area contributed by atoms with Crippen LogP contribution >= 0.6 is 0 Å². The second-order valence-electron chi connectivity index (χ2n) is 6.75. The number of amides is 2. The van der Waals surface area contributed by atoms with Crippen molar-refractivity contribution in [1.29, 1.82) is 0 Å². The van der Waals surface area contributed by atoms with Gasteiger partial charge in [-0.05, 0) is 29.8 Å². The van der Waals surface area contributed by atoms with Gasteiger partial charge in [-0.25, -0.2) is 0 Å². The first-order valence-corrected chi connectivity index (χ1v) is 8.84. The molecule has 1 spiro atoms. The van der Waals surface area contributed by atoms with Crippen LogP contribution in [0.4, 0.5) is 11.4 Å². The molecular formula is C22H17N3O2. The molecule has 5 rings (SSSR count). The molecule has 1 atom stereocenters. The molecule has 0 aromatic heterocycles. The summed E-state index contributed by atoms with van der Waals surface area (Å²) in [7, 11) is 0. The van der Waals surface area contributed by atoms with Crippen LogP contribution in [0.1, 0.15) is 21.5 Å². The topological polar surface area (TPSA) is 61.4 Å². The lowest BCUT2D eigenvalue weighted by Gasteiger charge is -2.45. The standard InChI is InChI=1S/C22H17N3O2/c26-20(15-8-2-1-3-9-15)25-14-16-10-4-6-12-18(16)24-22(25)17-11-5-7-13-19(17)23-21(22)27/h1-13,24H,14H2,(H,23,27). The highest BCUT2D eigenvalue weighted by atomic mass is 16.2. The number of para-hydroxylation sites is 2. The third-order valence-electron chi connectivity index (χ3n) is 5.23. The number of carbonyl (C=O) groups excluding carboxylic acids is 2. The summed E-state index contributed by atoms with van der Waals surface area (Å²) in [6.45, 7) is 0.346. The summed E-state index contributed by atoms with van der Waals surface area (Å²) < 4.78 is 0. The van der Waals surface area contributed by atoms with E-state index in [-0.39, 0.29) is 11.8 Å². The molecule has 2 amide bonds. The van der Waals surface area contributed by atoms with Gasteiger partial charge in [0.15, 0.2) is 0 Å². The fourth-order valence-corrected chi connectivity index (χ4v) is 3.93. The third-order valence-corrected chi connectivity index (χ3v) is 5.23. The van der Waals surface area contributed by atoms with Gasteiger partial charge in [0.05, 0.1) is 6.54 Å². The molecule has 3 aromatic carbocycles. The Bertz CT molecular complexity index is 1060. The highest BCUT2D eigenvalue weighted by Gasteiger charge is 2.55. The fraction of sp³-hybridized carbons (Fsp3) is 0.0909. The van der Waals surface area contributed by atoms with Crippen LogP contribution in [0.25, 0.3) is 0 Å². The Morgan fingerprint density at radius 1 is 0.852 bits per heavy atom. The van der Waals surface area contributed by atoms with Crippen LogP contribution in [0.15, 0.2) is 78.9 Å². The molecule has 132 valence electrons. The number of hydrogen-bond acceptors (Lipinski definition) is 3. The molecule has 0 aliphatic carbocycles. The minimum Gasteiger partial charge on any atom is -0.351 e. The average Bonchev–Trinajstić information content (AvgIpc) is 2.99. The SMILES string of the molecule is O=C(c1ccccc1)N1Cc2ccccc2NC12C(=O)Nc1ccccc12. The van der Waals surface area contributed by atoms with Crippen LogP contribution in [0, 0.1) is 0 Å². The summed E-state index contributed by atoms with van der Waals surface area (Å²) in [4.78, 5) is 28.3. The largest absolute Gasteiger partial charge is 0.351 e. The maximum absolute atomic E-state index is 13.4. The van der Waals surface area contributed by atoms with Gasteiger partial charge in [0, 0.05) is 22.5 Å². The van der Waals surface area contributed by atoms with E-state index in [1.807, 2.05) is 66.7 Å². The number of nitrogens with one attached hydrogen (secondary N) is 2. The van der Waals surface area contributed by atoms with Gasteiger partial charge in [-0.1, -0.05) is 54.6 Å². The molecule has 0 saturated heterocycles. The van der Waals surface area contributed by atoms with Crippen LogP contribution in [-0.2, 0) is 17.0 Å². The first-order chi connectivity index (χ1) is 13.2. The van der Waals surface area contributed by atoms with Crippen LogP contribution in [0.5, 0.6) is 0 Å². The molecule has 0 bridgehead atoms. The highest BCUT2D eigenvalue weighted by Crippen LogP contribution is 2.45. The predicted molar refractivity (Wildman–Crippen MR) is 103 cm³/mol. The maximum Gasteiger partial charge on any atom is 0.276 e. The van der Waals surface area contributed by atoms with E-state index >= 15 is 0 Å². The Labute approximate surface area is 156 Å². The number of fused-ring (bicyclic) bond motifs is 3. The predicted octanol–water partition coefficient (Wildman–Crippen LogP) is 3.56. The zero-order valence-corrected chi connectivity index (χ0v) is 14.5. The van der Waals surface area contributed by atoms with Crippen molar-refractivity contribution in [3.05, 3.63) is 95.6 Å². The Kier molecular flexibility index (Phi) is 3.31. The second-order valence-corrected chi connectivity index (χ2v) is 6.75. The Morgan fingerprint density at radius 2 is 1.52 bits per heavy atom. The minimum absolute atomic E-state index is 0.190. The molecule has 0 fully saturated rings. The monoisotopic (exact) mass is 355 g/mol. The number of benzene rings is 3. The Morgan fingerprint density at radius 3 is 2.33 bits per heavy atom. The van der Waals surface area contributed by atoms with Crippen LogP contribution in [0.3, 0.4) is 0 Å². The van der Waals surface area contributed by atoms with Crippen LogP contribution in [0.2, 0.25) is 0 Å². The van der Waals surface area contributed by atoms with E-state index in [2.05, 4.69) is 10.6 Å². The summed E-state index contributed by atoms with van der Waals surface area (Å²) in [5, 5.41) is 6.30. The lowest BCUT2D eigenvalue weighted by molar-refractivity contribution is -0.125. The zero-order chi connectivity index (χ0) is 18.4. The van der Waals surface area contributed by atoms with Crippen molar-refractivity contribution < 1.29 is 9.59 Å². The van der Waals surface area contributed by atoms with Gasteiger partial charge in [-0.15, -0.1) is 0 Å². The van der Waals surface area contributed by atoms with Crippen molar-refractivity contribution >= 4 is 23.2 Å². The van der Waals surface area contributed by atoms with Crippen molar-refractivity contribution in [2.75, 3.05) is 10.6 Å². The van der Waals surface area contributed by atoms with Gasteiger partial charge in [-0.2, -0.15) is 0 Å². The van der Waals surface area contributed by atoms with Gasteiger partial charge in [0.25, 0.3) is 11.8 Å². The number of rotatable bonds is 1. The van der Waals surface area contributed by atoms with Crippen molar-refractivity contribution in [3.8, 4) is 0 Å². The summed E-state index contributed by atoms with van der Waals surface area (Å²) in [5.41, 5.74) is 2.60. The molecule has 2 N–H and O–H groups in total. The van der Waals surface area contributed by atoms with E-state index in [4.69, 9.17) is 0 Å². The molecule has 5 heteroatoms. The van der Waals surface area contributed by atoms with Crippen molar-refractivity contribution in [3.63, 3.8) is 0 Å². The first-order valence-electron chi connectivity index (χ1n) is 8.84. The molecule has 0 saturated carbocycles. The quantitative estimate of drug-likeness (QED) is 0.702. The molecule has 1 unspecified atom stereocenters. The fourth-order valence-electron chi connectivity index (χ4n) is 3.93. The lowest BCUT2D eigenvalue weighted by atomic mass is 9.92. The van der Waals surface area contributed by atoms with E-state index in [1.54, 1.807) is 17.0 Å². The number of hydrogen-bond donors (Lipinski definition) is 2. The summed E-state index contributed by atoms with van der Waals surface area (Å²) >= 11 is 0. The third kappa shape index (κ3) is 2.18. The Hall–Kier alpha value is -3.60. The highest BCUT2D eigenvalue weighted by molar-refractivity contribution is 6.11. The van der Waals surface area contributed by atoms with Gasteiger partial charge in [0.1, 0.15) is 0 Å². The molecule has 27 heavy (non-hydrogen) atoms. The minimum atomic E-state index is -1.27. The molecule has 2 heterocycles. The Balaban J connectivity index is 1.72. The number of carbonyl (C=O) groups is 2. The smallest absolute Gasteiger partial charge is 0.276 e. The van der Waals surface area contributed by atoms with Gasteiger partial charge in [0.2, 0.25) is 5.66 Å². The summed E-state index contributed by atoms with van der Waals surface area (Å²) in [5.74, 6) is -0.438. The average molecular weight is 355 g/mol. The first kappa shape index (κ1) is 15.6. The van der Waals surface area contributed by atoms with E-state index < -0.39 is 5.66 Å². The van der Waals surface area contributed by atoms with E-state index in [0.29, 0.717) is 12.1 Å². The van der Waals surface area contributed by atoms with Crippen molar-refractivity contribution in [2.45, 2.75) is 12.2 Å². The van der Waals surface area contributed by atoms with Crippen molar-refractivity contribution in [2.24, 2.45) is 0 Å². The van der Waals surface area contributed by atoms with Crippen molar-refractivity contribution in [1.82, 2.24) is 4.90 Å². The molecule has 2 aliphatic heterocycles. The molecular weight excluding hydrogens is 338 g/mol. The van der Waals surface area contributed by atoms with Gasteiger partial charge >= 0.3 is 0 Å². The van der Waals surface area contributed by atoms with E-state index in [9.17, 15) is 9.59 Å². The van der Waals surface area contributed by atoms with Crippen LogP contribution in [-0.4, -0.2) is 16.7 Å². The number of nitrogens with zero attached hydrogens (tertiary/aromatic N) is 1. The van der Waals surface area contributed by atoms with Crippen LogP contribution < -0.4 is 10.6 Å². The summed E-state index contributed by atoms with van der Waals surface area (Å²) in [6, 6.07) is 24.3. The van der Waals surface area contributed by atoms with E-state index in [0.717, 1.165) is 22.5 Å². The normalized spacial score (nSPS) is 19.9. The molecule has 0 radical (unpaired) electrons. The van der Waals surface area contributed by atoms with E-state index in [1.165, 1.54) is 0 Å². The molecule has 3 aromatic rings. The summed E-state index contributed by atoms with van der Waals surface area (Å²) in [6.07, 6.45) is 0. The van der Waals surface area contributed by atoms with Gasteiger partial charge in [-0.3, -0.25) is 14.5 Å². The lowest BCUT2D eigenvalue weighted by Crippen LogP contribution is -2.60. The number of anilines is 2.